The third kappa shape index (κ3) is 5.25. The number of nitrogens with zero attached hydrogens (tertiary/aromatic N) is 1. The number of methoxy groups -OCH3 is 1. The van der Waals surface area contributed by atoms with Gasteiger partial charge in [0.25, 0.3) is 0 Å². The molecule has 8 heteroatoms. The van der Waals surface area contributed by atoms with Crippen molar-refractivity contribution in [2.45, 2.75) is 19.4 Å². The van der Waals surface area contributed by atoms with Crippen LogP contribution in [0, 0.1) is 11.7 Å². The first-order valence-corrected chi connectivity index (χ1v) is 9.52. The van der Waals surface area contributed by atoms with Gasteiger partial charge in [-0.1, -0.05) is 12.1 Å². The Hall–Kier alpha value is -1.51. The summed E-state index contributed by atoms with van der Waals surface area (Å²) in [5.41, 5.74) is 0.796. The van der Waals surface area contributed by atoms with Crippen LogP contribution in [-0.2, 0) is 26.1 Å². The van der Waals surface area contributed by atoms with Crippen LogP contribution in [0.15, 0.2) is 24.3 Å². The quantitative estimate of drug-likeness (QED) is 0.793. The number of hydrogen-bond acceptors (Lipinski definition) is 4. The number of piperidine rings is 1. The molecule has 1 aliphatic rings. The first-order chi connectivity index (χ1) is 11.4. The highest BCUT2D eigenvalue weighted by Gasteiger charge is 2.31. The fraction of sp³-hybridized carbons (Fsp3) is 0.562. The van der Waals surface area contributed by atoms with Crippen LogP contribution in [0.5, 0.6) is 0 Å². The number of halogens is 1. The molecule has 1 fully saturated rings. The van der Waals surface area contributed by atoms with Gasteiger partial charge in [-0.2, -0.15) is 0 Å². The van der Waals surface area contributed by atoms with Crippen molar-refractivity contribution in [3.05, 3.63) is 35.6 Å². The van der Waals surface area contributed by atoms with Crippen LogP contribution in [-0.4, -0.2) is 51.2 Å². The highest BCUT2D eigenvalue weighted by atomic mass is 32.2. The first kappa shape index (κ1) is 18.8. The van der Waals surface area contributed by atoms with Gasteiger partial charge in [0.2, 0.25) is 15.9 Å². The summed E-state index contributed by atoms with van der Waals surface area (Å²) in [6.07, 6.45) is 1.31. The Balaban J connectivity index is 1.89. The predicted octanol–water partition coefficient (Wildman–Crippen LogP) is 1.13. The molecule has 1 N–H and O–H groups in total. The average Bonchev–Trinajstić information content (AvgIpc) is 2.59. The Bertz CT molecular complexity index is 649. The summed E-state index contributed by atoms with van der Waals surface area (Å²) in [6.45, 7) is 1.07. The van der Waals surface area contributed by atoms with Gasteiger partial charge in [-0.25, -0.2) is 17.1 Å². The number of sulfonamides is 1. The molecule has 0 saturated carbocycles. The van der Waals surface area contributed by atoms with Gasteiger partial charge in [0, 0.05) is 26.7 Å². The van der Waals surface area contributed by atoms with Crippen LogP contribution in [0.3, 0.4) is 0 Å². The minimum Gasteiger partial charge on any atom is -0.384 e. The summed E-state index contributed by atoms with van der Waals surface area (Å²) in [5, 5.41) is 2.80. The molecule has 2 rings (SSSR count). The van der Waals surface area contributed by atoms with Gasteiger partial charge < -0.3 is 10.1 Å². The summed E-state index contributed by atoms with van der Waals surface area (Å²) in [6, 6.07) is 5.90. The number of nitrogens with one attached hydrogen (secondary N) is 1. The second-order valence-corrected chi connectivity index (χ2v) is 7.94. The molecule has 1 amide bonds. The van der Waals surface area contributed by atoms with Crippen molar-refractivity contribution in [3.8, 4) is 0 Å². The van der Waals surface area contributed by atoms with Gasteiger partial charge >= 0.3 is 0 Å². The van der Waals surface area contributed by atoms with Crippen LogP contribution >= 0.6 is 0 Å². The summed E-state index contributed by atoms with van der Waals surface area (Å²) >= 11 is 0. The molecule has 1 aromatic rings. The normalized spacial score (nSPS) is 19.2. The van der Waals surface area contributed by atoms with Crippen molar-refractivity contribution in [1.82, 2.24) is 9.62 Å². The van der Waals surface area contributed by atoms with E-state index in [1.54, 1.807) is 12.1 Å². The molecule has 0 bridgehead atoms. The third-order valence-electron chi connectivity index (χ3n) is 4.07. The van der Waals surface area contributed by atoms with E-state index in [0.717, 1.165) is 5.56 Å². The molecule has 1 aliphatic heterocycles. The summed E-state index contributed by atoms with van der Waals surface area (Å²) < 4.78 is 43.5. The zero-order valence-electron chi connectivity index (χ0n) is 13.7. The van der Waals surface area contributed by atoms with Crippen molar-refractivity contribution >= 4 is 15.9 Å². The summed E-state index contributed by atoms with van der Waals surface area (Å²) in [4.78, 5) is 12.3. The second-order valence-electron chi connectivity index (χ2n) is 5.85. The zero-order chi connectivity index (χ0) is 17.6. The molecular formula is C16H23FN2O4S. The van der Waals surface area contributed by atoms with Gasteiger partial charge in [0.05, 0.1) is 18.3 Å². The molecule has 1 saturated heterocycles. The lowest BCUT2D eigenvalue weighted by Crippen LogP contribution is -2.46. The van der Waals surface area contributed by atoms with Gasteiger partial charge in [0.1, 0.15) is 5.82 Å². The molecule has 1 unspecified atom stereocenters. The Morgan fingerprint density at radius 3 is 2.75 bits per heavy atom. The van der Waals surface area contributed by atoms with Crippen molar-refractivity contribution in [3.63, 3.8) is 0 Å². The number of amides is 1. The number of rotatable bonds is 7. The van der Waals surface area contributed by atoms with E-state index in [0.29, 0.717) is 25.9 Å². The van der Waals surface area contributed by atoms with E-state index in [9.17, 15) is 17.6 Å². The largest absolute Gasteiger partial charge is 0.384 e. The van der Waals surface area contributed by atoms with Crippen molar-refractivity contribution in [2.75, 3.05) is 32.6 Å². The molecule has 24 heavy (non-hydrogen) atoms. The highest BCUT2D eigenvalue weighted by molar-refractivity contribution is 7.89. The lowest BCUT2D eigenvalue weighted by molar-refractivity contribution is -0.126. The van der Waals surface area contributed by atoms with Crippen LogP contribution in [0.4, 0.5) is 4.39 Å². The van der Waals surface area contributed by atoms with Gasteiger partial charge in [-0.3, -0.25) is 4.79 Å². The van der Waals surface area contributed by atoms with Crippen LogP contribution in [0.1, 0.15) is 18.4 Å². The summed E-state index contributed by atoms with van der Waals surface area (Å²) in [7, 11) is -1.94. The number of ether oxygens (including phenoxy) is 1. The van der Waals surface area contributed by atoms with E-state index in [1.165, 1.54) is 23.5 Å². The van der Waals surface area contributed by atoms with Gasteiger partial charge in [-0.05, 0) is 30.5 Å². The van der Waals surface area contributed by atoms with E-state index in [2.05, 4.69) is 5.32 Å². The fourth-order valence-corrected chi connectivity index (χ4v) is 4.11. The smallest absolute Gasteiger partial charge is 0.224 e. The molecular weight excluding hydrogens is 335 g/mol. The minimum absolute atomic E-state index is 0.0760. The molecule has 0 aromatic heterocycles. The predicted molar refractivity (Wildman–Crippen MR) is 88.2 cm³/mol. The minimum atomic E-state index is -3.40. The van der Waals surface area contributed by atoms with Gasteiger partial charge in [0.15, 0.2) is 0 Å². The van der Waals surface area contributed by atoms with Crippen molar-refractivity contribution < 1.29 is 22.3 Å². The van der Waals surface area contributed by atoms with Crippen LogP contribution in [0.2, 0.25) is 0 Å². The molecule has 134 valence electrons. The maximum atomic E-state index is 12.9. The molecule has 1 aromatic carbocycles. The average molecular weight is 358 g/mol. The fourth-order valence-electron chi connectivity index (χ4n) is 2.66. The van der Waals surface area contributed by atoms with E-state index in [-0.39, 0.29) is 36.5 Å². The lowest BCUT2D eigenvalue weighted by atomic mass is 9.99. The van der Waals surface area contributed by atoms with Crippen molar-refractivity contribution in [2.24, 2.45) is 5.92 Å². The Morgan fingerprint density at radius 2 is 2.08 bits per heavy atom. The van der Waals surface area contributed by atoms with E-state index >= 15 is 0 Å². The second kappa shape index (κ2) is 8.55. The molecule has 6 nitrogen and oxygen atoms in total. The Labute approximate surface area is 142 Å². The standard InChI is InChI=1S/C16H23FN2O4S/c1-23-9-10-24(21,22)19-8-2-3-14(12-19)16(20)18-11-13-4-6-15(17)7-5-13/h4-7,14H,2-3,8-12H2,1H3,(H,18,20). The SMILES string of the molecule is COCCS(=O)(=O)N1CCCC(C(=O)NCc2ccc(F)cc2)C1. The monoisotopic (exact) mass is 358 g/mol. The van der Waals surface area contributed by atoms with E-state index in [1.807, 2.05) is 0 Å². The molecule has 0 spiro atoms. The molecule has 1 heterocycles. The Kier molecular flexibility index (Phi) is 6.70. The third-order valence-corrected chi connectivity index (χ3v) is 5.87. The number of carbonyl (C=O) groups is 1. The van der Waals surface area contributed by atoms with Gasteiger partial charge in [-0.15, -0.1) is 0 Å². The molecule has 0 aliphatic carbocycles. The molecule has 1 atom stereocenters. The van der Waals surface area contributed by atoms with Crippen LogP contribution < -0.4 is 5.32 Å². The number of hydrogen-bond donors (Lipinski definition) is 1. The topological polar surface area (TPSA) is 75.7 Å². The maximum absolute atomic E-state index is 12.9. The van der Waals surface area contributed by atoms with E-state index < -0.39 is 10.0 Å². The van der Waals surface area contributed by atoms with Crippen molar-refractivity contribution in [1.29, 1.82) is 0 Å². The number of benzene rings is 1. The maximum Gasteiger partial charge on any atom is 0.224 e. The van der Waals surface area contributed by atoms with Crippen LogP contribution in [0.25, 0.3) is 0 Å². The zero-order valence-corrected chi connectivity index (χ0v) is 14.5. The lowest BCUT2D eigenvalue weighted by Gasteiger charge is -2.31. The Morgan fingerprint density at radius 1 is 1.38 bits per heavy atom. The highest BCUT2D eigenvalue weighted by Crippen LogP contribution is 2.20. The first-order valence-electron chi connectivity index (χ1n) is 7.91. The summed E-state index contributed by atoms with van der Waals surface area (Å²) in [5.74, 6) is -0.940. The van der Waals surface area contributed by atoms with E-state index in [4.69, 9.17) is 4.74 Å². The number of carbonyl (C=O) groups excluding carboxylic acids is 1. The molecule has 0 radical (unpaired) electrons.